The van der Waals surface area contributed by atoms with Gasteiger partial charge in [-0.25, -0.2) is 0 Å². The Balaban J connectivity index is 2.29. The fourth-order valence-electron chi connectivity index (χ4n) is 2.29. The maximum Gasteiger partial charge on any atom is 0.191 e. The molecule has 0 spiro atoms. The number of rotatable bonds is 2. The molecule has 0 fully saturated rings. The van der Waals surface area contributed by atoms with Gasteiger partial charge in [0, 0.05) is 37.4 Å². The number of nitrogen functional groups attached to an aromatic ring is 1. The number of aromatic nitrogens is 4. The standard InChI is InChI=1S/C15H15N5O/c1-9-7-12(21)11(8-18-9)14-13(15(16)20(2)19-14)10-3-5-17-6-4-10/h3-8H,16H2,1-2H3,(H,18,21). The number of aromatic amines is 1. The van der Waals surface area contributed by atoms with Crippen LogP contribution in [0.3, 0.4) is 0 Å². The number of H-pyrrole nitrogens is 1. The van der Waals surface area contributed by atoms with E-state index in [4.69, 9.17) is 5.73 Å². The van der Waals surface area contributed by atoms with Gasteiger partial charge in [0.15, 0.2) is 5.43 Å². The molecule has 3 heterocycles. The van der Waals surface area contributed by atoms with Gasteiger partial charge >= 0.3 is 0 Å². The summed E-state index contributed by atoms with van der Waals surface area (Å²) < 4.78 is 1.57. The summed E-state index contributed by atoms with van der Waals surface area (Å²) in [6.07, 6.45) is 5.04. The first kappa shape index (κ1) is 13.1. The van der Waals surface area contributed by atoms with E-state index in [2.05, 4.69) is 15.1 Å². The fourth-order valence-corrected chi connectivity index (χ4v) is 2.29. The van der Waals surface area contributed by atoms with Crippen molar-refractivity contribution in [1.82, 2.24) is 19.7 Å². The van der Waals surface area contributed by atoms with Gasteiger partial charge in [0.05, 0.1) is 11.1 Å². The van der Waals surface area contributed by atoms with Gasteiger partial charge in [-0.3, -0.25) is 14.5 Å². The average molecular weight is 281 g/mol. The minimum atomic E-state index is -0.0837. The van der Waals surface area contributed by atoms with Crippen LogP contribution < -0.4 is 11.2 Å². The van der Waals surface area contributed by atoms with Gasteiger partial charge in [-0.1, -0.05) is 0 Å². The summed E-state index contributed by atoms with van der Waals surface area (Å²) in [6.45, 7) is 1.84. The lowest BCUT2D eigenvalue weighted by Gasteiger charge is -2.04. The van der Waals surface area contributed by atoms with Gasteiger partial charge in [0.2, 0.25) is 0 Å². The van der Waals surface area contributed by atoms with Crippen molar-refractivity contribution in [2.45, 2.75) is 6.92 Å². The number of nitrogens with two attached hydrogens (primary N) is 1. The van der Waals surface area contributed by atoms with Gasteiger partial charge < -0.3 is 10.7 Å². The SMILES string of the molecule is Cc1cc(=O)c(-c2nn(C)c(N)c2-c2ccncc2)c[nH]1. The van der Waals surface area contributed by atoms with Crippen LogP contribution in [0.1, 0.15) is 5.69 Å². The Bertz CT molecular complexity index is 848. The molecule has 0 aliphatic heterocycles. The van der Waals surface area contributed by atoms with Crippen molar-refractivity contribution in [3.8, 4) is 22.4 Å². The second-order valence-corrected chi connectivity index (χ2v) is 4.86. The van der Waals surface area contributed by atoms with Crippen molar-refractivity contribution in [3.63, 3.8) is 0 Å². The van der Waals surface area contributed by atoms with E-state index in [0.717, 1.165) is 16.8 Å². The van der Waals surface area contributed by atoms with E-state index < -0.39 is 0 Å². The van der Waals surface area contributed by atoms with Crippen LogP contribution in [-0.2, 0) is 7.05 Å². The van der Waals surface area contributed by atoms with E-state index in [-0.39, 0.29) is 5.43 Å². The normalized spacial score (nSPS) is 10.8. The molecule has 0 amide bonds. The molecule has 0 saturated carbocycles. The molecule has 6 nitrogen and oxygen atoms in total. The molecule has 0 atom stereocenters. The number of anilines is 1. The highest BCUT2D eigenvalue weighted by Crippen LogP contribution is 2.33. The zero-order valence-electron chi connectivity index (χ0n) is 11.8. The summed E-state index contributed by atoms with van der Waals surface area (Å²) >= 11 is 0. The summed E-state index contributed by atoms with van der Waals surface area (Å²) in [5.41, 5.74) is 9.54. The second-order valence-electron chi connectivity index (χ2n) is 4.86. The van der Waals surface area contributed by atoms with Crippen LogP contribution in [0.2, 0.25) is 0 Å². The Morgan fingerprint density at radius 1 is 1.29 bits per heavy atom. The first-order valence-electron chi connectivity index (χ1n) is 6.50. The fraction of sp³-hybridized carbons (Fsp3) is 0.133. The minimum Gasteiger partial charge on any atom is -0.383 e. The van der Waals surface area contributed by atoms with Gasteiger partial charge in [-0.2, -0.15) is 5.10 Å². The van der Waals surface area contributed by atoms with Crippen LogP contribution >= 0.6 is 0 Å². The van der Waals surface area contributed by atoms with Crippen LogP contribution in [0, 0.1) is 6.92 Å². The van der Waals surface area contributed by atoms with Gasteiger partial charge in [0.1, 0.15) is 11.5 Å². The summed E-state index contributed by atoms with van der Waals surface area (Å²) in [6, 6.07) is 5.25. The molecule has 0 radical (unpaired) electrons. The Labute approximate surface area is 121 Å². The molecule has 3 rings (SSSR count). The van der Waals surface area contributed by atoms with E-state index in [0.29, 0.717) is 17.1 Å². The third-order valence-corrected chi connectivity index (χ3v) is 3.37. The van der Waals surface area contributed by atoms with E-state index in [1.807, 2.05) is 19.1 Å². The molecule has 21 heavy (non-hydrogen) atoms. The molecular formula is C15H15N5O. The monoisotopic (exact) mass is 281 g/mol. The third kappa shape index (κ3) is 2.20. The number of nitrogens with zero attached hydrogens (tertiary/aromatic N) is 3. The maximum absolute atomic E-state index is 12.2. The van der Waals surface area contributed by atoms with Crippen molar-refractivity contribution >= 4 is 5.82 Å². The van der Waals surface area contributed by atoms with Crippen LogP contribution in [0.4, 0.5) is 5.82 Å². The van der Waals surface area contributed by atoms with Crippen molar-refractivity contribution in [2.75, 3.05) is 5.73 Å². The van der Waals surface area contributed by atoms with E-state index in [9.17, 15) is 4.79 Å². The molecule has 3 aromatic heterocycles. The van der Waals surface area contributed by atoms with E-state index >= 15 is 0 Å². The summed E-state index contributed by atoms with van der Waals surface area (Å²) in [4.78, 5) is 19.3. The van der Waals surface area contributed by atoms with Gasteiger partial charge in [-0.05, 0) is 24.6 Å². The number of nitrogens with one attached hydrogen (secondary N) is 1. The average Bonchev–Trinajstić information content (AvgIpc) is 2.75. The van der Waals surface area contributed by atoms with Crippen LogP contribution in [0.5, 0.6) is 0 Å². The molecule has 3 N–H and O–H groups in total. The first-order valence-corrected chi connectivity index (χ1v) is 6.50. The van der Waals surface area contributed by atoms with Crippen molar-refractivity contribution < 1.29 is 0 Å². The Hall–Kier alpha value is -2.89. The van der Waals surface area contributed by atoms with Gasteiger partial charge in [0.25, 0.3) is 0 Å². The minimum absolute atomic E-state index is 0.0837. The quantitative estimate of drug-likeness (QED) is 0.748. The molecule has 0 aliphatic carbocycles. The maximum atomic E-state index is 12.2. The topological polar surface area (TPSA) is 89.6 Å². The molecular weight excluding hydrogens is 266 g/mol. The lowest BCUT2D eigenvalue weighted by atomic mass is 10.0. The third-order valence-electron chi connectivity index (χ3n) is 3.37. The number of hydrogen-bond acceptors (Lipinski definition) is 4. The number of hydrogen-bond donors (Lipinski definition) is 2. The zero-order chi connectivity index (χ0) is 15.0. The van der Waals surface area contributed by atoms with Crippen LogP contribution in [0.25, 0.3) is 22.4 Å². The Kier molecular flexibility index (Phi) is 3.06. The first-order chi connectivity index (χ1) is 10.1. The zero-order valence-corrected chi connectivity index (χ0v) is 11.8. The molecule has 0 aromatic carbocycles. The summed E-state index contributed by atoms with van der Waals surface area (Å²) in [7, 11) is 1.76. The number of aryl methyl sites for hydroxylation is 2. The van der Waals surface area contributed by atoms with E-state index in [1.165, 1.54) is 0 Å². The van der Waals surface area contributed by atoms with Crippen molar-refractivity contribution in [3.05, 3.63) is 52.7 Å². The van der Waals surface area contributed by atoms with Crippen LogP contribution in [-0.4, -0.2) is 19.7 Å². The molecule has 3 aromatic rings. The Morgan fingerprint density at radius 2 is 2.00 bits per heavy atom. The lowest BCUT2D eigenvalue weighted by molar-refractivity contribution is 0.782. The lowest BCUT2D eigenvalue weighted by Crippen LogP contribution is -2.06. The highest BCUT2D eigenvalue weighted by Gasteiger charge is 2.19. The predicted molar refractivity (Wildman–Crippen MR) is 81.6 cm³/mol. The van der Waals surface area contributed by atoms with Crippen molar-refractivity contribution in [1.29, 1.82) is 0 Å². The smallest absolute Gasteiger partial charge is 0.191 e. The van der Waals surface area contributed by atoms with E-state index in [1.54, 1.807) is 36.4 Å². The molecule has 0 aliphatic rings. The highest BCUT2D eigenvalue weighted by atomic mass is 16.1. The molecule has 6 heteroatoms. The van der Waals surface area contributed by atoms with Crippen LogP contribution in [0.15, 0.2) is 41.6 Å². The molecule has 0 bridgehead atoms. The largest absolute Gasteiger partial charge is 0.383 e. The predicted octanol–water partition coefficient (Wildman–Crippen LogP) is 1.73. The summed E-state index contributed by atoms with van der Waals surface area (Å²) in [5.74, 6) is 0.510. The second kappa shape index (κ2) is 4.90. The summed E-state index contributed by atoms with van der Waals surface area (Å²) in [5, 5.41) is 4.40. The Morgan fingerprint density at radius 3 is 2.67 bits per heavy atom. The highest BCUT2D eigenvalue weighted by molar-refractivity contribution is 5.87. The molecule has 106 valence electrons. The molecule has 0 unspecified atom stereocenters. The van der Waals surface area contributed by atoms with Gasteiger partial charge in [-0.15, -0.1) is 0 Å². The number of pyridine rings is 2. The van der Waals surface area contributed by atoms with Crippen molar-refractivity contribution in [2.24, 2.45) is 7.05 Å². The molecule has 0 saturated heterocycles.